The summed E-state index contributed by atoms with van der Waals surface area (Å²) in [6.07, 6.45) is 0.773. The molecule has 28 heavy (non-hydrogen) atoms. The molecule has 0 unspecified atom stereocenters. The molecule has 0 radical (unpaired) electrons. The van der Waals surface area contributed by atoms with E-state index in [2.05, 4.69) is 10.3 Å². The lowest BCUT2D eigenvalue weighted by molar-refractivity contribution is 0.0784. The summed E-state index contributed by atoms with van der Waals surface area (Å²) in [5.41, 5.74) is 1.68. The number of anilines is 1. The highest BCUT2D eigenvalue weighted by molar-refractivity contribution is 6.34. The van der Waals surface area contributed by atoms with Crippen LogP contribution in [0.4, 0.5) is 6.01 Å². The Bertz CT molecular complexity index is 998. The number of para-hydroxylation sites is 1. The van der Waals surface area contributed by atoms with Gasteiger partial charge in [-0.2, -0.15) is 4.98 Å². The summed E-state index contributed by atoms with van der Waals surface area (Å²) in [4.78, 5) is 19.3. The van der Waals surface area contributed by atoms with Gasteiger partial charge in [0.25, 0.3) is 11.9 Å². The standard InChI is InChI=1S/C20H20ClN3O4/c1-26-15-7-4-8-16(27-2)17(15)19(25)24-10-9-12(11-24)22-20-23-14-6-3-5-13(21)18(14)28-20/h3-8,12H,9-11H2,1-2H3,(H,22,23)/t12-/m1/s1. The number of methoxy groups -OCH3 is 2. The van der Waals surface area contributed by atoms with E-state index in [0.717, 1.165) is 6.42 Å². The third-order valence-electron chi connectivity index (χ3n) is 4.81. The van der Waals surface area contributed by atoms with Crippen molar-refractivity contribution in [3.8, 4) is 11.5 Å². The predicted molar refractivity (Wildman–Crippen MR) is 106 cm³/mol. The molecule has 1 saturated heterocycles. The molecule has 7 nitrogen and oxygen atoms in total. The van der Waals surface area contributed by atoms with Crippen molar-refractivity contribution >= 4 is 34.6 Å². The maximum absolute atomic E-state index is 13.1. The number of likely N-dealkylation sites (tertiary alicyclic amines) is 1. The number of rotatable bonds is 5. The number of benzene rings is 2. The number of nitrogens with one attached hydrogen (secondary N) is 1. The van der Waals surface area contributed by atoms with Crippen LogP contribution >= 0.6 is 11.6 Å². The van der Waals surface area contributed by atoms with Crippen LogP contribution in [-0.4, -0.2) is 49.1 Å². The largest absolute Gasteiger partial charge is 0.496 e. The number of halogens is 1. The fourth-order valence-electron chi connectivity index (χ4n) is 3.43. The molecule has 1 amide bonds. The number of amides is 1. The predicted octanol–water partition coefficient (Wildman–Crippen LogP) is 3.83. The van der Waals surface area contributed by atoms with Crippen LogP contribution in [0.3, 0.4) is 0 Å². The van der Waals surface area contributed by atoms with Gasteiger partial charge in [-0.3, -0.25) is 4.79 Å². The monoisotopic (exact) mass is 401 g/mol. The SMILES string of the molecule is COc1cccc(OC)c1C(=O)N1CC[C@@H](Nc2nc3cccc(Cl)c3o2)C1. The molecule has 0 saturated carbocycles. The van der Waals surface area contributed by atoms with Gasteiger partial charge < -0.3 is 24.1 Å². The first kappa shape index (κ1) is 18.4. The molecule has 146 valence electrons. The van der Waals surface area contributed by atoms with E-state index in [4.69, 9.17) is 25.5 Å². The number of oxazole rings is 1. The van der Waals surface area contributed by atoms with Crippen molar-refractivity contribution in [1.82, 2.24) is 9.88 Å². The Morgan fingerprint density at radius 1 is 1.21 bits per heavy atom. The van der Waals surface area contributed by atoms with Gasteiger partial charge in [-0.05, 0) is 30.7 Å². The van der Waals surface area contributed by atoms with Gasteiger partial charge in [-0.15, -0.1) is 0 Å². The maximum atomic E-state index is 13.1. The van der Waals surface area contributed by atoms with Crippen molar-refractivity contribution in [2.24, 2.45) is 0 Å². The zero-order valence-electron chi connectivity index (χ0n) is 15.6. The van der Waals surface area contributed by atoms with E-state index in [1.54, 1.807) is 29.2 Å². The first-order chi connectivity index (χ1) is 13.6. The Labute approximate surface area is 167 Å². The summed E-state index contributed by atoms with van der Waals surface area (Å²) in [5, 5.41) is 3.78. The molecule has 1 atom stereocenters. The second-order valence-corrected chi connectivity index (χ2v) is 6.93. The summed E-state index contributed by atoms with van der Waals surface area (Å²) < 4.78 is 16.4. The van der Waals surface area contributed by atoms with Crippen LogP contribution in [-0.2, 0) is 0 Å². The molecular weight excluding hydrogens is 382 g/mol. The third kappa shape index (κ3) is 3.33. The van der Waals surface area contributed by atoms with Gasteiger partial charge in [0.15, 0.2) is 5.58 Å². The summed E-state index contributed by atoms with van der Waals surface area (Å²) in [7, 11) is 3.08. The van der Waals surface area contributed by atoms with Crippen LogP contribution in [0.1, 0.15) is 16.8 Å². The van der Waals surface area contributed by atoms with Gasteiger partial charge >= 0.3 is 0 Å². The topological polar surface area (TPSA) is 76.8 Å². The Balaban J connectivity index is 1.49. The van der Waals surface area contributed by atoms with Gasteiger partial charge in [0.1, 0.15) is 22.6 Å². The van der Waals surface area contributed by atoms with E-state index in [9.17, 15) is 4.79 Å². The smallest absolute Gasteiger partial charge is 0.296 e. The maximum Gasteiger partial charge on any atom is 0.296 e. The molecule has 1 N–H and O–H groups in total. The molecular formula is C20H20ClN3O4. The van der Waals surface area contributed by atoms with Gasteiger partial charge in [0.2, 0.25) is 0 Å². The van der Waals surface area contributed by atoms with E-state index in [0.29, 0.717) is 52.3 Å². The Morgan fingerprint density at radius 3 is 2.61 bits per heavy atom. The highest BCUT2D eigenvalue weighted by atomic mass is 35.5. The minimum atomic E-state index is -0.126. The molecule has 1 fully saturated rings. The zero-order chi connectivity index (χ0) is 19.7. The number of carbonyl (C=O) groups is 1. The van der Waals surface area contributed by atoms with Crippen molar-refractivity contribution in [3.05, 3.63) is 47.0 Å². The molecule has 0 spiro atoms. The van der Waals surface area contributed by atoms with Crippen molar-refractivity contribution < 1.29 is 18.7 Å². The van der Waals surface area contributed by atoms with Crippen molar-refractivity contribution in [2.75, 3.05) is 32.6 Å². The van der Waals surface area contributed by atoms with E-state index in [-0.39, 0.29) is 11.9 Å². The van der Waals surface area contributed by atoms with Gasteiger partial charge in [-0.1, -0.05) is 23.7 Å². The summed E-state index contributed by atoms with van der Waals surface area (Å²) in [6.45, 7) is 1.13. The van der Waals surface area contributed by atoms with Crippen LogP contribution < -0.4 is 14.8 Å². The lowest BCUT2D eigenvalue weighted by Crippen LogP contribution is -2.32. The van der Waals surface area contributed by atoms with E-state index < -0.39 is 0 Å². The van der Waals surface area contributed by atoms with Crippen molar-refractivity contribution in [2.45, 2.75) is 12.5 Å². The average molecular weight is 402 g/mol. The number of nitrogens with zero attached hydrogens (tertiary/aromatic N) is 2. The number of carbonyl (C=O) groups excluding carboxylic acids is 1. The zero-order valence-corrected chi connectivity index (χ0v) is 16.3. The number of hydrogen-bond donors (Lipinski definition) is 1. The van der Waals surface area contributed by atoms with Crippen LogP contribution in [0.25, 0.3) is 11.1 Å². The van der Waals surface area contributed by atoms with Crippen LogP contribution in [0.2, 0.25) is 5.02 Å². The van der Waals surface area contributed by atoms with Gasteiger partial charge in [0.05, 0.1) is 19.2 Å². The summed E-state index contributed by atoms with van der Waals surface area (Å²) in [5.74, 6) is 0.864. The average Bonchev–Trinajstić information content (AvgIpc) is 3.34. The fourth-order valence-corrected chi connectivity index (χ4v) is 3.64. The van der Waals surface area contributed by atoms with Gasteiger partial charge in [-0.25, -0.2) is 0 Å². The van der Waals surface area contributed by atoms with Crippen LogP contribution in [0.5, 0.6) is 11.5 Å². The first-order valence-electron chi connectivity index (χ1n) is 8.92. The minimum Gasteiger partial charge on any atom is -0.496 e. The Morgan fingerprint density at radius 2 is 1.93 bits per heavy atom. The van der Waals surface area contributed by atoms with Gasteiger partial charge in [0, 0.05) is 19.1 Å². The lowest BCUT2D eigenvalue weighted by Gasteiger charge is -2.20. The van der Waals surface area contributed by atoms with Crippen LogP contribution in [0.15, 0.2) is 40.8 Å². The second kappa shape index (κ2) is 7.59. The molecule has 0 bridgehead atoms. The molecule has 1 aliphatic heterocycles. The summed E-state index contributed by atoms with van der Waals surface area (Å²) >= 11 is 6.14. The molecule has 2 heterocycles. The van der Waals surface area contributed by atoms with E-state index in [1.807, 2.05) is 12.1 Å². The lowest BCUT2D eigenvalue weighted by atomic mass is 10.1. The van der Waals surface area contributed by atoms with E-state index in [1.165, 1.54) is 14.2 Å². The van der Waals surface area contributed by atoms with Crippen LogP contribution in [0, 0.1) is 0 Å². The molecule has 2 aromatic carbocycles. The molecule has 8 heteroatoms. The molecule has 4 rings (SSSR count). The molecule has 3 aromatic rings. The van der Waals surface area contributed by atoms with Crippen molar-refractivity contribution in [1.29, 1.82) is 0 Å². The third-order valence-corrected chi connectivity index (χ3v) is 5.11. The summed E-state index contributed by atoms with van der Waals surface area (Å²) in [6, 6.07) is 11.2. The molecule has 0 aliphatic carbocycles. The fraction of sp³-hybridized carbons (Fsp3) is 0.300. The van der Waals surface area contributed by atoms with E-state index >= 15 is 0 Å². The number of aromatic nitrogens is 1. The molecule has 1 aliphatic rings. The highest BCUT2D eigenvalue weighted by Crippen LogP contribution is 2.31. The second-order valence-electron chi connectivity index (χ2n) is 6.53. The normalized spacial score (nSPS) is 16.4. The first-order valence-corrected chi connectivity index (χ1v) is 9.30. The minimum absolute atomic E-state index is 0.0245. The number of hydrogen-bond acceptors (Lipinski definition) is 6. The number of ether oxygens (including phenoxy) is 2. The quantitative estimate of drug-likeness (QED) is 0.700. The highest BCUT2D eigenvalue weighted by Gasteiger charge is 2.31. The van der Waals surface area contributed by atoms with Crippen molar-refractivity contribution in [3.63, 3.8) is 0 Å². The molecule has 1 aromatic heterocycles. The Kier molecular flexibility index (Phi) is 5.00. The number of fused-ring (bicyclic) bond motifs is 1. The Hall–Kier alpha value is -2.93.